The van der Waals surface area contributed by atoms with Gasteiger partial charge in [-0.15, -0.1) is 0 Å². The van der Waals surface area contributed by atoms with Crippen LogP contribution in [0, 0.1) is 0 Å². The van der Waals surface area contributed by atoms with E-state index in [9.17, 15) is 9.59 Å². The predicted octanol–water partition coefficient (Wildman–Crippen LogP) is 4.25. The molecule has 7 heteroatoms. The third kappa shape index (κ3) is 5.46. The molecule has 4 rings (SSSR count). The van der Waals surface area contributed by atoms with Crippen LogP contribution in [0.3, 0.4) is 0 Å². The molecule has 4 aromatic rings. The molecule has 0 saturated carbocycles. The fourth-order valence-corrected chi connectivity index (χ4v) is 3.66. The van der Waals surface area contributed by atoms with Gasteiger partial charge in [0.15, 0.2) is 0 Å². The average Bonchev–Trinajstić information content (AvgIpc) is 2.81. The van der Waals surface area contributed by atoms with Gasteiger partial charge in [-0.2, -0.15) is 0 Å². The molecule has 3 aromatic carbocycles. The van der Waals surface area contributed by atoms with Crippen molar-refractivity contribution < 1.29 is 9.59 Å². The van der Waals surface area contributed by atoms with Crippen LogP contribution >= 0.6 is 0 Å². The number of benzene rings is 3. The Bertz CT molecular complexity index is 1290. The number of carbonyl (C=O) groups excluding carboxylic acids is 2. The van der Waals surface area contributed by atoms with Crippen LogP contribution in [0.2, 0.25) is 0 Å². The number of nitrogen functional groups attached to an aromatic ring is 1. The zero-order valence-corrected chi connectivity index (χ0v) is 18.2. The van der Waals surface area contributed by atoms with Gasteiger partial charge in [-0.1, -0.05) is 42.5 Å². The quantitative estimate of drug-likeness (QED) is 0.344. The summed E-state index contributed by atoms with van der Waals surface area (Å²) in [5.74, 6) is 0.163. The second-order valence-corrected chi connectivity index (χ2v) is 7.72. The summed E-state index contributed by atoms with van der Waals surface area (Å²) < 4.78 is 0. The molecule has 0 spiro atoms. The molecule has 1 unspecified atom stereocenters. The lowest BCUT2D eigenvalue weighted by Gasteiger charge is -2.20. The first-order valence-corrected chi connectivity index (χ1v) is 10.6. The number of aromatic nitrogens is 1. The third-order valence-electron chi connectivity index (χ3n) is 5.22. The van der Waals surface area contributed by atoms with Crippen LogP contribution in [0.15, 0.2) is 85.1 Å². The van der Waals surface area contributed by atoms with Crippen LogP contribution < -0.4 is 21.7 Å². The smallest absolute Gasteiger partial charge is 0.247 e. The molecular weight excluding hydrogens is 414 g/mol. The fourth-order valence-electron chi connectivity index (χ4n) is 3.66. The van der Waals surface area contributed by atoms with E-state index in [1.54, 1.807) is 6.20 Å². The molecule has 0 aliphatic carbocycles. The van der Waals surface area contributed by atoms with Gasteiger partial charge < -0.3 is 21.7 Å². The molecule has 1 atom stereocenters. The Balaban J connectivity index is 1.54. The van der Waals surface area contributed by atoms with Crippen molar-refractivity contribution in [2.75, 3.05) is 16.4 Å². The lowest BCUT2D eigenvalue weighted by molar-refractivity contribution is -0.122. The lowest BCUT2D eigenvalue weighted by atomic mass is 10.0. The molecule has 7 nitrogen and oxygen atoms in total. The van der Waals surface area contributed by atoms with Crippen molar-refractivity contribution in [1.82, 2.24) is 10.3 Å². The van der Waals surface area contributed by atoms with Gasteiger partial charge in [0, 0.05) is 36.4 Å². The number of fused-ring (bicyclic) bond motifs is 1. The largest absolute Gasteiger partial charge is 0.383 e. The number of hydrogen-bond donors (Lipinski definition) is 4. The molecule has 1 heterocycles. The molecule has 1 aromatic heterocycles. The van der Waals surface area contributed by atoms with Gasteiger partial charge >= 0.3 is 0 Å². The van der Waals surface area contributed by atoms with Crippen molar-refractivity contribution in [2.45, 2.75) is 19.5 Å². The summed E-state index contributed by atoms with van der Waals surface area (Å²) in [6.45, 7) is 1.79. The van der Waals surface area contributed by atoms with Gasteiger partial charge in [0.1, 0.15) is 11.9 Å². The van der Waals surface area contributed by atoms with E-state index in [-0.39, 0.29) is 11.8 Å². The molecule has 0 saturated heterocycles. The van der Waals surface area contributed by atoms with Crippen LogP contribution in [0.25, 0.3) is 10.8 Å². The topological polar surface area (TPSA) is 109 Å². The Morgan fingerprint density at radius 2 is 1.76 bits per heavy atom. The number of rotatable bonds is 7. The summed E-state index contributed by atoms with van der Waals surface area (Å²) in [6.07, 6.45) is 1.66. The van der Waals surface area contributed by atoms with E-state index >= 15 is 0 Å². The van der Waals surface area contributed by atoms with Crippen LogP contribution in [-0.4, -0.2) is 16.8 Å². The van der Waals surface area contributed by atoms with Crippen molar-refractivity contribution in [3.8, 4) is 0 Å². The number of anilines is 3. The molecule has 2 amide bonds. The van der Waals surface area contributed by atoms with E-state index in [2.05, 4.69) is 20.9 Å². The molecule has 33 heavy (non-hydrogen) atoms. The number of nitrogens with two attached hydrogens (primary N) is 1. The minimum atomic E-state index is -0.596. The van der Waals surface area contributed by atoms with Crippen molar-refractivity contribution in [3.63, 3.8) is 0 Å². The molecular formula is C26H25N5O2. The fraction of sp³-hybridized carbons (Fsp3) is 0.115. The minimum Gasteiger partial charge on any atom is -0.383 e. The van der Waals surface area contributed by atoms with Gasteiger partial charge in [-0.05, 0) is 52.9 Å². The average molecular weight is 440 g/mol. The Hall–Kier alpha value is -4.39. The van der Waals surface area contributed by atoms with Gasteiger partial charge in [-0.3, -0.25) is 9.59 Å². The molecule has 0 aliphatic heterocycles. The van der Waals surface area contributed by atoms with E-state index in [0.717, 1.165) is 27.6 Å². The number of nitrogens with one attached hydrogen (secondary N) is 3. The van der Waals surface area contributed by atoms with E-state index < -0.39 is 6.04 Å². The standard InChI is InChI=1S/C26H25N5O2/c1-17(32)30-21-9-5-6-18(14-21)16-29-26(33)24(19-7-3-2-4-8-19)31-22-10-11-23-20(15-22)12-13-28-25(23)27/h2-15,24,31H,16H2,1H3,(H2,27,28)(H,29,33)(H,30,32). The predicted molar refractivity (Wildman–Crippen MR) is 132 cm³/mol. The molecule has 0 aliphatic rings. The van der Waals surface area contributed by atoms with Gasteiger partial charge in [-0.25, -0.2) is 4.98 Å². The van der Waals surface area contributed by atoms with Gasteiger partial charge in [0.25, 0.3) is 0 Å². The van der Waals surface area contributed by atoms with Crippen molar-refractivity contribution >= 4 is 39.8 Å². The first-order valence-electron chi connectivity index (χ1n) is 10.6. The molecule has 0 radical (unpaired) electrons. The van der Waals surface area contributed by atoms with Crippen LogP contribution in [0.4, 0.5) is 17.2 Å². The highest BCUT2D eigenvalue weighted by Gasteiger charge is 2.20. The zero-order chi connectivity index (χ0) is 23.2. The number of carbonyl (C=O) groups is 2. The number of amides is 2. The van der Waals surface area contributed by atoms with Crippen LogP contribution in [0.5, 0.6) is 0 Å². The Morgan fingerprint density at radius 3 is 2.55 bits per heavy atom. The third-order valence-corrected chi connectivity index (χ3v) is 5.22. The number of hydrogen-bond acceptors (Lipinski definition) is 5. The number of pyridine rings is 1. The summed E-state index contributed by atoms with van der Waals surface area (Å²) in [7, 11) is 0. The lowest BCUT2D eigenvalue weighted by Crippen LogP contribution is -2.33. The van der Waals surface area contributed by atoms with E-state index in [1.165, 1.54) is 6.92 Å². The molecule has 0 fully saturated rings. The maximum Gasteiger partial charge on any atom is 0.247 e. The first kappa shape index (κ1) is 21.8. The Labute approximate surface area is 192 Å². The highest BCUT2D eigenvalue weighted by atomic mass is 16.2. The van der Waals surface area contributed by atoms with Crippen molar-refractivity contribution in [1.29, 1.82) is 0 Å². The second kappa shape index (κ2) is 9.82. The highest BCUT2D eigenvalue weighted by Crippen LogP contribution is 2.26. The van der Waals surface area contributed by atoms with Gasteiger partial charge in [0.05, 0.1) is 0 Å². The van der Waals surface area contributed by atoms with E-state index in [0.29, 0.717) is 18.1 Å². The van der Waals surface area contributed by atoms with Crippen LogP contribution in [-0.2, 0) is 16.1 Å². The molecule has 0 bridgehead atoms. The number of nitrogens with zero attached hydrogens (tertiary/aromatic N) is 1. The maximum absolute atomic E-state index is 13.2. The highest BCUT2D eigenvalue weighted by molar-refractivity contribution is 5.94. The van der Waals surface area contributed by atoms with Gasteiger partial charge in [0.2, 0.25) is 11.8 Å². The van der Waals surface area contributed by atoms with E-state index in [4.69, 9.17) is 5.73 Å². The maximum atomic E-state index is 13.2. The zero-order valence-electron chi connectivity index (χ0n) is 18.2. The molecule has 5 N–H and O–H groups in total. The monoisotopic (exact) mass is 439 g/mol. The summed E-state index contributed by atoms with van der Waals surface area (Å²) in [4.78, 5) is 28.7. The summed E-state index contributed by atoms with van der Waals surface area (Å²) in [6, 6.07) is 24.0. The Kier molecular flexibility index (Phi) is 6.50. The summed E-state index contributed by atoms with van der Waals surface area (Å²) in [5, 5.41) is 10.9. The molecule has 166 valence electrons. The van der Waals surface area contributed by atoms with Crippen molar-refractivity contribution in [3.05, 3.63) is 96.2 Å². The van der Waals surface area contributed by atoms with Crippen LogP contribution in [0.1, 0.15) is 24.1 Å². The van der Waals surface area contributed by atoms with Crippen molar-refractivity contribution in [2.24, 2.45) is 0 Å². The Morgan fingerprint density at radius 1 is 0.939 bits per heavy atom. The minimum absolute atomic E-state index is 0.141. The SMILES string of the molecule is CC(=O)Nc1cccc(CNC(=O)C(Nc2ccc3c(N)nccc3c2)c2ccccc2)c1. The first-order chi connectivity index (χ1) is 16.0. The normalized spacial score (nSPS) is 11.5. The summed E-state index contributed by atoms with van der Waals surface area (Å²) in [5.41, 5.74) is 9.18. The van der Waals surface area contributed by atoms with E-state index in [1.807, 2.05) is 78.9 Å². The summed E-state index contributed by atoms with van der Waals surface area (Å²) >= 11 is 0. The second-order valence-electron chi connectivity index (χ2n) is 7.72.